The molecule has 0 aromatic heterocycles. The molecule has 0 aliphatic carbocycles. The molecule has 1 aromatic rings. The molecule has 1 aromatic carbocycles. The van der Waals surface area contributed by atoms with Crippen molar-refractivity contribution in [3.05, 3.63) is 24.3 Å². The van der Waals surface area contributed by atoms with E-state index in [2.05, 4.69) is 10.6 Å². The largest absolute Gasteiger partial charge is 0.446 e. The van der Waals surface area contributed by atoms with E-state index >= 15 is 0 Å². The van der Waals surface area contributed by atoms with E-state index in [1.165, 1.54) is 24.3 Å². The zero-order chi connectivity index (χ0) is 14.6. The number of nitrogens with one attached hydrogen (secondary N) is 2. The summed E-state index contributed by atoms with van der Waals surface area (Å²) in [5.41, 5.74) is -3.78. The first-order valence-electron chi connectivity index (χ1n) is 6.31. The van der Waals surface area contributed by atoms with Gasteiger partial charge in [-0.25, -0.2) is 0 Å². The maximum absolute atomic E-state index is 12.2. The molecule has 3 nitrogen and oxygen atoms in total. The number of halogens is 3. The standard InChI is InChI=1S/C13H15F3N2OS/c14-13(15,16)20-11-5-3-9(4-6-11)18-12(19)8-10-2-1-7-17-10/h3-6,10,17H,1-2,7-8H2,(H,18,19). The molecule has 110 valence electrons. The monoisotopic (exact) mass is 304 g/mol. The molecule has 2 N–H and O–H groups in total. The zero-order valence-corrected chi connectivity index (χ0v) is 11.5. The van der Waals surface area contributed by atoms with Crippen LogP contribution in [0.3, 0.4) is 0 Å². The average molecular weight is 304 g/mol. The van der Waals surface area contributed by atoms with Crippen molar-refractivity contribution in [1.29, 1.82) is 0 Å². The Morgan fingerprint density at radius 2 is 2.05 bits per heavy atom. The Morgan fingerprint density at radius 3 is 2.60 bits per heavy atom. The first kappa shape index (κ1) is 15.2. The summed E-state index contributed by atoms with van der Waals surface area (Å²) in [7, 11) is 0. The number of alkyl halides is 3. The Balaban J connectivity index is 1.85. The molecule has 1 atom stereocenters. The summed E-state index contributed by atoms with van der Waals surface area (Å²) >= 11 is -0.168. The van der Waals surface area contributed by atoms with E-state index in [9.17, 15) is 18.0 Å². The highest BCUT2D eigenvalue weighted by molar-refractivity contribution is 8.00. The van der Waals surface area contributed by atoms with Crippen LogP contribution in [0.5, 0.6) is 0 Å². The van der Waals surface area contributed by atoms with Crippen LogP contribution in [0.1, 0.15) is 19.3 Å². The molecule has 1 amide bonds. The predicted molar refractivity (Wildman–Crippen MR) is 72.6 cm³/mol. The van der Waals surface area contributed by atoms with Crippen LogP contribution >= 0.6 is 11.8 Å². The molecule has 20 heavy (non-hydrogen) atoms. The van der Waals surface area contributed by atoms with Crippen molar-refractivity contribution in [3.63, 3.8) is 0 Å². The first-order valence-corrected chi connectivity index (χ1v) is 7.13. The zero-order valence-electron chi connectivity index (χ0n) is 10.7. The molecule has 7 heteroatoms. The number of thioether (sulfide) groups is 1. The second-order valence-electron chi connectivity index (χ2n) is 4.62. The van der Waals surface area contributed by atoms with Gasteiger partial charge < -0.3 is 10.6 Å². The topological polar surface area (TPSA) is 41.1 Å². The fraction of sp³-hybridized carbons (Fsp3) is 0.462. The van der Waals surface area contributed by atoms with Crippen molar-refractivity contribution < 1.29 is 18.0 Å². The van der Waals surface area contributed by atoms with Gasteiger partial charge in [0, 0.05) is 23.0 Å². The van der Waals surface area contributed by atoms with E-state index in [1.807, 2.05) is 0 Å². The van der Waals surface area contributed by atoms with Crippen molar-refractivity contribution in [1.82, 2.24) is 5.32 Å². The number of rotatable bonds is 4. The summed E-state index contributed by atoms with van der Waals surface area (Å²) in [4.78, 5) is 11.9. The Labute approximate surface area is 119 Å². The first-order chi connectivity index (χ1) is 9.42. The summed E-state index contributed by atoms with van der Waals surface area (Å²) in [5, 5.41) is 5.91. The van der Waals surface area contributed by atoms with Crippen LogP contribution in [-0.4, -0.2) is 24.0 Å². The highest BCUT2D eigenvalue weighted by atomic mass is 32.2. The van der Waals surface area contributed by atoms with Gasteiger partial charge in [0.1, 0.15) is 0 Å². The smallest absolute Gasteiger partial charge is 0.326 e. The lowest BCUT2D eigenvalue weighted by molar-refractivity contribution is -0.116. The summed E-state index contributed by atoms with van der Waals surface area (Å²) in [6.45, 7) is 0.932. The molecule has 1 heterocycles. The van der Waals surface area contributed by atoms with Gasteiger partial charge in [0.15, 0.2) is 0 Å². The fourth-order valence-corrected chi connectivity index (χ4v) is 2.65. The lowest BCUT2D eigenvalue weighted by Gasteiger charge is -2.11. The van der Waals surface area contributed by atoms with Gasteiger partial charge in [0.2, 0.25) is 5.91 Å². The number of benzene rings is 1. The van der Waals surface area contributed by atoms with Gasteiger partial charge in [0.25, 0.3) is 0 Å². The van der Waals surface area contributed by atoms with Gasteiger partial charge in [-0.2, -0.15) is 13.2 Å². The Kier molecular flexibility index (Phi) is 4.93. The molecule has 2 rings (SSSR count). The van der Waals surface area contributed by atoms with Gasteiger partial charge in [-0.05, 0) is 55.4 Å². The lowest BCUT2D eigenvalue weighted by Crippen LogP contribution is -2.27. The van der Waals surface area contributed by atoms with E-state index in [4.69, 9.17) is 0 Å². The fourth-order valence-electron chi connectivity index (χ4n) is 2.11. The van der Waals surface area contributed by atoms with Crippen molar-refractivity contribution in [2.24, 2.45) is 0 Å². The molecular weight excluding hydrogens is 289 g/mol. The second-order valence-corrected chi connectivity index (χ2v) is 5.76. The van der Waals surface area contributed by atoms with E-state index in [0.29, 0.717) is 12.1 Å². The molecule has 1 saturated heterocycles. The molecule has 1 unspecified atom stereocenters. The second kappa shape index (κ2) is 6.49. The van der Waals surface area contributed by atoms with Gasteiger partial charge in [-0.15, -0.1) is 0 Å². The van der Waals surface area contributed by atoms with E-state index in [0.717, 1.165) is 19.4 Å². The van der Waals surface area contributed by atoms with Crippen LogP contribution < -0.4 is 10.6 Å². The van der Waals surface area contributed by atoms with Crippen molar-refractivity contribution in [2.75, 3.05) is 11.9 Å². The summed E-state index contributed by atoms with van der Waals surface area (Å²) in [6.07, 6.45) is 2.44. The predicted octanol–water partition coefficient (Wildman–Crippen LogP) is 3.38. The Hall–Kier alpha value is -1.21. The van der Waals surface area contributed by atoms with Crippen LogP contribution in [0, 0.1) is 0 Å². The molecule has 1 aliphatic rings. The molecule has 0 saturated carbocycles. The molecule has 0 spiro atoms. The minimum Gasteiger partial charge on any atom is -0.326 e. The Bertz CT molecular complexity index is 456. The number of anilines is 1. The lowest BCUT2D eigenvalue weighted by atomic mass is 10.1. The molecule has 1 aliphatic heterocycles. The van der Waals surface area contributed by atoms with E-state index < -0.39 is 5.51 Å². The molecule has 1 fully saturated rings. The van der Waals surface area contributed by atoms with E-state index in [-0.39, 0.29) is 28.6 Å². The summed E-state index contributed by atoms with van der Waals surface area (Å²) in [5.74, 6) is -0.124. The number of hydrogen-bond acceptors (Lipinski definition) is 3. The van der Waals surface area contributed by atoms with Crippen LogP contribution in [0.25, 0.3) is 0 Å². The number of hydrogen-bond donors (Lipinski definition) is 2. The van der Waals surface area contributed by atoms with Crippen molar-refractivity contribution in [3.8, 4) is 0 Å². The quantitative estimate of drug-likeness (QED) is 0.838. The third kappa shape index (κ3) is 5.05. The van der Waals surface area contributed by atoms with Gasteiger partial charge in [0.05, 0.1) is 0 Å². The SMILES string of the molecule is O=C(CC1CCCN1)Nc1ccc(SC(F)(F)F)cc1. The normalized spacial score (nSPS) is 19.1. The van der Waals surface area contributed by atoms with Crippen molar-refractivity contribution in [2.45, 2.75) is 35.7 Å². The number of carbonyl (C=O) groups excluding carboxylic acids is 1. The van der Waals surface area contributed by atoms with E-state index in [1.54, 1.807) is 0 Å². The highest BCUT2D eigenvalue weighted by Gasteiger charge is 2.29. The molecule has 0 radical (unpaired) electrons. The number of amides is 1. The van der Waals surface area contributed by atoms with Gasteiger partial charge in [-0.3, -0.25) is 4.79 Å². The van der Waals surface area contributed by atoms with Crippen molar-refractivity contribution >= 4 is 23.4 Å². The average Bonchev–Trinajstić information content (AvgIpc) is 2.82. The summed E-state index contributed by atoms with van der Waals surface area (Å²) < 4.78 is 36.5. The summed E-state index contributed by atoms with van der Waals surface area (Å²) in [6, 6.07) is 5.86. The third-order valence-electron chi connectivity index (χ3n) is 2.97. The van der Waals surface area contributed by atoms with Crippen LogP contribution in [0.15, 0.2) is 29.2 Å². The molecular formula is C13H15F3N2OS. The highest BCUT2D eigenvalue weighted by Crippen LogP contribution is 2.37. The van der Waals surface area contributed by atoms with Gasteiger partial charge in [-0.1, -0.05) is 0 Å². The minimum atomic E-state index is -4.29. The maximum Gasteiger partial charge on any atom is 0.446 e. The minimum absolute atomic E-state index is 0.105. The van der Waals surface area contributed by atoms with Gasteiger partial charge >= 0.3 is 5.51 Å². The Morgan fingerprint density at radius 1 is 1.35 bits per heavy atom. The van der Waals surface area contributed by atoms with Crippen LogP contribution in [0.2, 0.25) is 0 Å². The molecule has 0 bridgehead atoms. The van der Waals surface area contributed by atoms with Crippen LogP contribution in [-0.2, 0) is 4.79 Å². The third-order valence-corrected chi connectivity index (χ3v) is 3.71. The van der Waals surface area contributed by atoms with Crippen LogP contribution in [0.4, 0.5) is 18.9 Å². The number of carbonyl (C=O) groups is 1. The maximum atomic E-state index is 12.2.